The summed E-state index contributed by atoms with van der Waals surface area (Å²) in [5.41, 5.74) is 2.87. The van der Waals surface area contributed by atoms with E-state index in [1.54, 1.807) is 0 Å². The number of rotatable bonds is 3. The Morgan fingerprint density at radius 1 is 1.10 bits per heavy atom. The Hall–Kier alpha value is -1.09. The zero-order valence-corrected chi connectivity index (χ0v) is 13.8. The second kappa shape index (κ2) is 6.35. The number of aromatic nitrogens is 1. The SMILES string of the molecule is Cc1cc(N2CCCC2)ncc1C1CCCCN1C(C)C. The molecule has 0 aromatic carbocycles. The van der Waals surface area contributed by atoms with Gasteiger partial charge in [0.1, 0.15) is 5.82 Å². The number of aryl methyl sites for hydroxylation is 1. The highest BCUT2D eigenvalue weighted by molar-refractivity contribution is 5.45. The van der Waals surface area contributed by atoms with E-state index in [-0.39, 0.29) is 0 Å². The molecule has 0 aliphatic carbocycles. The van der Waals surface area contributed by atoms with E-state index in [1.807, 2.05) is 0 Å². The molecule has 2 fully saturated rings. The van der Waals surface area contributed by atoms with Gasteiger partial charge in [-0.05, 0) is 70.2 Å². The molecule has 0 spiro atoms. The maximum absolute atomic E-state index is 4.79. The zero-order valence-electron chi connectivity index (χ0n) is 13.8. The van der Waals surface area contributed by atoms with Gasteiger partial charge >= 0.3 is 0 Å². The standard InChI is InChI=1S/C18H29N3/c1-14(2)21-11-5-4-8-17(21)16-13-19-18(12-15(16)3)20-9-6-7-10-20/h12-14,17H,4-11H2,1-3H3. The molecule has 116 valence electrons. The minimum absolute atomic E-state index is 0.568. The Kier molecular flexibility index (Phi) is 4.48. The van der Waals surface area contributed by atoms with Crippen LogP contribution in [0.5, 0.6) is 0 Å². The van der Waals surface area contributed by atoms with E-state index in [9.17, 15) is 0 Å². The van der Waals surface area contributed by atoms with E-state index in [0.717, 1.165) is 0 Å². The Bertz CT molecular complexity index is 477. The minimum Gasteiger partial charge on any atom is -0.357 e. The van der Waals surface area contributed by atoms with Gasteiger partial charge in [-0.2, -0.15) is 0 Å². The fraction of sp³-hybridized carbons (Fsp3) is 0.722. The van der Waals surface area contributed by atoms with Gasteiger partial charge in [0.25, 0.3) is 0 Å². The van der Waals surface area contributed by atoms with E-state index in [4.69, 9.17) is 4.98 Å². The van der Waals surface area contributed by atoms with Crippen molar-refractivity contribution in [1.29, 1.82) is 0 Å². The largest absolute Gasteiger partial charge is 0.357 e. The van der Waals surface area contributed by atoms with Crippen LogP contribution in [-0.4, -0.2) is 35.6 Å². The summed E-state index contributed by atoms with van der Waals surface area (Å²) in [5, 5.41) is 0. The first-order valence-electron chi connectivity index (χ1n) is 8.64. The number of likely N-dealkylation sites (tertiary alicyclic amines) is 1. The minimum atomic E-state index is 0.568. The van der Waals surface area contributed by atoms with Crippen molar-refractivity contribution >= 4 is 5.82 Å². The van der Waals surface area contributed by atoms with Gasteiger partial charge in [-0.25, -0.2) is 4.98 Å². The fourth-order valence-corrected chi connectivity index (χ4v) is 3.93. The third-order valence-electron chi connectivity index (χ3n) is 5.13. The van der Waals surface area contributed by atoms with Gasteiger partial charge in [0.2, 0.25) is 0 Å². The predicted octanol–water partition coefficient (Wildman–Crippen LogP) is 3.93. The quantitative estimate of drug-likeness (QED) is 0.840. The highest BCUT2D eigenvalue weighted by Gasteiger charge is 2.27. The van der Waals surface area contributed by atoms with E-state index in [1.165, 1.54) is 68.7 Å². The van der Waals surface area contributed by atoms with Crippen molar-refractivity contribution in [1.82, 2.24) is 9.88 Å². The summed E-state index contributed by atoms with van der Waals surface area (Å²) >= 11 is 0. The lowest BCUT2D eigenvalue weighted by molar-refractivity contribution is 0.111. The summed E-state index contributed by atoms with van der Waals surface area (Å²) in [6, 6.07) is 3.50. The summed E-state index contributed by atoms with van der Waals surface area (Å²) in [7, 11) is 0. The van der Waals surface area contributed by atoms with Crippen LogP contribution >= 0.6 is 0 Å². The second-order valence-corrected chi connectivity index (χ2v) is 6.94. The van der Waals surface area contributed by atoms with Gasteiger partial charge in [-0.3, -0.25) is 4.90 Å². The second-order valence-electron chi connectivity index (χ2n) is 6.94. The first-order chi connectivity index (χ1) is 10.2. The zero-order chi connectivity index (χ0) is 14.8. The van der Waals surface area contributed by atoms with Gasteiger partial charge in [-0.15, -0.1) is 0 Å². The predicted molar refractivity (Wildman–Crippen MR) is 88.9 cm³/mol. The van der Waals surface area contributed by atoms with E-state index < -0.39 is 0 Å². The molecular formula is C18H29N3. The monoisotopic (exact) mass is 287 g/mol. The van der Waals surface area contributed by atoms with Crippen LogP contribution in [0, 0.1) is 6.92 Å². The lowest BCUT2D eigenvalue weighted by atomic mass is 9.92. The van der Waals surface area contributed by atoms with Gasteiger partial charge in [0.05, 0.1) is 0 Å². The number of hydrogen-bond donors (Lipinski definition) is 0. The topological polar surface area (TPSA) is 19.4 Å². The average Bonchev–Trinajstić information content (AvgIpc) is 3.01. The van der Waals surface area contributed by atoms with Gasteiger partial charge < -0.3 is 4.90 Å². The number of pyridine rings is 1. The number of hydrogen-bond acceptors (Lipinski definition) is 3. The van der Waals surface area contributed by atoms with Crippen LogP contribution in [0.15, 0.2) is 12.3 Å². The number of nitrogens with zero attached hydrogens (tertiary/aromatic N) is 3. The summed E-state index contributed by atoms with van der Waals surface area (Å²) < 4.78 is 0. The van der Waals surface area contributed by atoms with Crippen molar-refractivity contribution in [2.75, 3.05) is 24.5 Å². The Labute approximate surface area is 129 Å². The lowest BCUT2D eigenvalue weighted by Gasteiger charge is -2.39. The fourth-order valence-electron chi connectivity index (χ4n) is 3.93. The van der Waals surface area contributed by atoms with Crippen LogP contribution in [-0.2, 0) is 0 Å². The molecule has 21 heavy (non-hydrogen) atoms. The summed E-state index contributed by atoms with van der Waals surface area (Å²) in [6.45, 7) is 10.5. The van der Waals surface area contributed by atoms with Crippen molar-refractivity contribution in [3.8, 4) is 0 Å². The van der Waals surface area contributed by atoms with Crippen LogP contribution < -0.4 is 4.90 Å². The third-order valence-corrected chi connectivity index (χ3v) is 5.13. The van der Waals surface area contributed by atoms with E-state index >= 15 is 0 Å². The van der Waals surface area contributed by atoms with Gasteiger partial charge in [0.15, 0.2) is 0 Å². The Morgan fingerprint density at radius 3 is 2.48 bits per heavy atom. The Morgan fingerprint density at radius 2 is 1.81 bits per heavy atom. The highest BCUT2D eigenvalue weighted by Crippen LogP contribution is 2.34. The van der Waals surface area contributed by atoms with Crippen molar-refractivity contribution in [2.45, 2.75) is 65.0 Å². The molecule has 2 aliphatic heterocycles. The first-order valence-corrected chi connectivity index (χ1v) is 8.64. The molecule has 3 rings (SSSR count). The lowest BCUT2D eigenvalue weighted by Crippen LogP contribution is -2.38. The molecule has 1 atom stereocenters. The van der Waals surface area contributed by atoms with Crippen LogP contribution in [0.2, 0.25) is 0 Å². The molecule has 0 bridgehead atoms. The molecule has 2 aliphatic rings. The maximum atomic E-state index is 4.79. The first kappa shape index (κ1) is 14.8. The highest BCUT2D eigenvalue weighted by atomic mass is 15.2. The Balaban J connectivity index is 1.84. The average molecular weight is 287 g/mol. The molecule has 3 heteroatoms. The summed E-state index contributed by atoms with van der Waals surface area (Å²) in [5.74, 6) is 1.18. The number of piperidine rings is 1. The summed E-state index contributed by atoms with van der Waals surface area (Å²) in [6.07, 6.45) is 8.75. The van der Waals surface area contributed by atoms with Crippen molar-refractivity contribution in [2.24, 2.45) is 0 Å². The van der Waals surface area contributed by atoms with Crippen LogP contribution in [0.3, 0.4) is 0 Å². The number of anilines is 1. The molecule has 3 heterocycles. The maximum Gasteiger partial charge on any atom is 0.128 e. The van der Waals surface area contributed by atoms with E-state index in [2.05, 4.69) is 42.8 Å². The molecule has 3 nitrogen and oxygen atoms in total. The molecule has 0 saturated carbocycles. The molecule has 2 saturated heterocycles. The van der Waals surface area contributed by atoms with Crippen molar-refractivity contribution in [3.63, 3.8) is 0 Å². The molecule has 1 unspecified atom stereocenters. The van der Waals surface area contributed by atoms with Gasteiger partial charge in [0, 0.05) is 31.4 Å². The van der Waals surface area contributed by atoms with Crippen LogP contribution in [0.25, 0.3) is 0 Å². The molecule has 1 aromatic rings. The van der Waals surface area contributed by atoms with Crippen LogP contribution in [0.1, 0.15) is 63.1 Å². The normalized spacial score (nSPS) is 24.0. The molecule has 0 N–H and O–H groups in total. The smallest absolute Gasteiger partial charge is 0.128 e. The molecule has 1 aromatic heterocycles. The van der Waals surface area contributed by atoms with E-state index in [0.29, 0.717) is 12.1 Å². The molecule has 0 radical (unpaired) electrons. The molecule has 0 amide bonds. The molecular weight excluding hydrogens is 258 g/mol. The van der Waals surface area contributed by atoms with Gasteiger partial charge in [-0.1, -0.05) is 6.42 Å². The van der Waals surface area contributed by atoms with Crippen molar-refractivity contribution < 1.29 is 0 Å². The van der Waals surface area contributed by atoms with Crippen molar-refractivity contribution in [3.05, 3.63) is 23.4 Å². The third kappa shape index (κ3) is 3.08. The van der Waals surface area contributed by atoms with Crippen LogP contribution in [0.4, 0.5) is 5.82 Å². The summed E-state index contributed by atoms with van der Waals surface area (Å²) in [4.78, 5) is 9.87.